The average Bonchev–Trinajstić information content (AvgIpc) is 3.46. The molecule has 4 bridgehead atoms. The van der Waals surface area contributed by atoms with Crippen molar-refractivity contribution in [2.24, 2.45) is 21.7 Å². The quantitative estimate of drug-likeness (QED) is 0.275. The molecule has 1 aromatic carbocycles. The third-order valence-electron chi connectivity index (χ3n) is 13.2. The SMILES string of the molecule is CCc1cc(=O)c2ccc3c(c2o1)[C@@H](OC(=O)[C@@]12CC[C@@](C)(C(=O)O1)C2(C)C)[C@@H](OC(=O)[C@@]12CC[C@@](C)(C(=O)O1)C2(C)C)C(C)(C)S3. The van der Waals surface area contributed by atoms with E-state index in [1.807, 2.05) is 62.3 Å². The molecule has 2 aliphatic carbocycles. The number of benzene rings is 1. The molecule has 4 fully saturated rings. The third kappa shape index (κ3) is 3.67. The second-order valence-electron chi connectivity index (χ2n) is 16.0. The van der Waals surface area contributed by atoms with Crippen molar-refractivity contribution in [1.29, 1.82) is 0 Å². The first-order valence-corrected chi connectivity index (χ1v) is 17.2. The summed E-state index contributed by atoms with van der Waals surface area (Å²) in [6.07, 6.45) is -0.421. The van der Waals surface area contributed by atoms with E-state index >= 15 is 0 Å². The molecular weight excluding hydrogens is 624 g/mol. The van der Waals surface area contributed by atoms with E-state index in [0.717, 1.165) is 0 Å². The lowest BCUT2D eigenvalue weighted by molar-refractivity contribution is -0.204. The Balaban J connectivity index is 1.38. The largest absolute Gasteiger partial charge is 0.460 e. The maximum absolute atomic E-state index is 14.5. The number of carbonyl (C=O) groups excluding carboxylic acids is 4. The maximum atomic E-state index is 14.5. The summed E-state index contributed by atoms with van der Waals surface area (Å²) in [5, 5.41) is 0.294. The van der Waals surface area contributed by atoms with Gasteiger partial charge in [0.05, 0.1) is 26.5 Å². The molecule has 10 nitrogen and oxygen atoms in total. The molecule has 7 rings (SSSR count). The zero-order chi connectivity index (χ0) is 34.3. The Kier molecular flexibility index (Phi) is 6.46. The minimum atomic E-state index is -1.56. The number of hydrogen-bond donors (Lipinski definition) is 0. The minimum absolute atomic E-state index is 0.240. The number of thioether (sulfide) groups is 1. The Morgan fingerprint density at radius 2 is 1.34 bits per heavy atom. The van der Waals surface area contributed by atoms with Gasteiger partial charge < -0.3 is 23.4 Å². The molecule has 0 radical (unpaired) electrons. The monoisotopic (exact) mass is 666 g/mol. The predicted octanol–water partition coefficient (Wildman–Crippen LogP) is 5.98. The van der Waals surface area contributed by atoms with E-state index in [1.165, 1.54) is 17.8 Å². The van der Waals surface area contributed by atoms with Gasteiger partial charge in [0.25, 0.3) is 0 Å². The van der Waals surface area contributed by atoms with Gasteiger partial charge in [-0.3, -0.25) is 14.4 Å². The number of fused-ring (bicyclic) bond motifs is 7. The van der Waals surface area contributed by atoms with Crippen molar-refractivity contribution in [3.05, 3.63) is 39.7 Å². The molecule has 6 atom stereocenters. The van der Waals surface area contributed by atoms with E-state index in [9.17, 15) is 24.0 Å². The summed E-state index contributed by atoms with van der Waals surface area (Å²) in [7, 11) is 0. The molecule has 2 saturated heterocycles. The Morgan fingerprint density at radius 3 is 1.81 bits per heavy atom. The Labute approximate surface area is 277 Å². The highest BCUT2D eigenvalue weighted by molar-refractivity contribution is 8.00. The second kappa shape index (κ2) is 9.42. The van der Waals surface area contributed by atoms with E-state index in [-0.39, 0.29) is 17.4 Å². The molecule has 0 N–H and O–H groups in total. The Hall–Kier alpha value is -3.34. The van der Waals surface area contributed by atoms with Gasteiger partial charge in [0.1, 0.15) is 11.3 Å². The molecule has 5 aliphatic rings. The van der Waals surface area contributed by atoms with Crippen LogP contribution in [0.5, 0.6) is 0 Å². The maximum Gasteiger partial charge on any atom is 0.351 e. The van der Waals surface area contributed by atoms with Crippen molar-refractivity contribution in [3.63, 3.8) is 0 Å². The fourth-order valence-corrected chi connectivity index (χ4v) is 10.1. The first kappa shape index (κ1) is 32.2. The molecule has 4 heterocycles. The summed E-state index contributed by atoms with van der Waals surface area (Å²) in [6.45, 7) is 16.6. The molecule has 3 aliphatic heterocycles. The van der Waals surface area contributed by atoms with Crippen molar-refractivity contribution in [2.75, 3.05) is 0 Å². The first-order valence-electron chi connectivity index (χ1n) is 16.4. The minimum Gasteiger partial charge on any atom is -0.460 e. The number of carbonyl (C=O) groups is 4. The van der Waals surface area contributed by atoms with Gasteiger partial charge in [-0.2, -0.15) is 0 Å². The molecule has 0 unspecified atom stereocenters. The third-order valence-corrected chi connectivity index (χ3v) is 14.5. The lowest BCUT2D eigenvalue weighted by Crippen LogP contribution is -2.55. The molecule has 0 spiro atoms. The van der Waals surface area contributed by atoms with Gasteiger partial charge in [0.2, 0.25) is 11.2 Å². The smallest absolute Gasteiger partial charge is 0.351 e. The van der Waals surface area contributed by atoms with E-state index in [0.29, 0.717) is 47.3 Å². The van der Waals surface area contributed by atoms with Crippen molar-refractivity contribution >= 4 is 46.6 Å². The van der Waals surface area contributed by atoms with Gasteiger partial charge in [0.15, 0.2) is 17.6 Å². The van der Waals surface area contributed by atoms with Crippen LogP contribution in [0.15, 0.2) is 32.3 Å². The lowest BCUT2D eigenvalue weighted by Gasteiger charge is -2.45. The molecule has 252 valence electrons. The number of ether oxygens (including phenoxy) is 4. The van der Waals surface area contributed by atoms with E-state index in [1.54, 1.807) is 12.1 Å². The molecular formula is C36H42O10S. The highest BCUT2D eigenvalue weighted by Gasteiger charge is 2.78. The molecule has 11 heteroatoms. The fraction of sp³-hybridized carbons (Fsp3) is 0.639. The summed E-state index contributed by atoms with van der Waals surface area (Å²) in [5.74, 6) is -1.90. The molecule has 47 heavy (non-hydrogen) atoms. The van der Waals surface area contributed by atoms with Crippen LogP contribution in [-0.4, -0.2) is 45.9 Å². The van der Waals surface area contributed by atoms with Crippen molar-refractivity contribution in [1.82, 2.24) is 0 Å². The summed E-state index contributed by atoms with van der Waals surface area (Å²) in [5.41, 5.74) is -6.18. The highest BCUT2D eigenvalue weighted by Crippen LogP contribution is 2.68. The Morgan fingerprint density at radius 1 is 0.809 bits per heavy atom. The van der Waals surface area contributed by atoms with Crippen LogP contribution < -0.4 is 5.43 Å². The normalized spacial score (nSPS) is 37.0. The van der Waals surface area contributed by atoms with Gasteiger partial charge in [-0.15, -0.1) is 11.8 Å². The van der Waals surface area contributed by atoms with Crippen LogP contribution in [0.3, 0.4) is 0 Å². The van der Waals surface area contributed by atoms with Gasteiger partial charge in [-0.1, -0.05) is 34.6 Å². The topological polar surface area (TPSA) is 135 Å². The van der Waals surface area contributed by atoms with Crippen LogP contribution in [0, 0.1) is 21.7 Å². The second-order valence-corrected chi connectivity index (χ2v) is 17.7. The van der Waals surface area contributed by atoms with Crippen molar-refractivity contribution in [2.45, 2.75) is 127 Å². The summed E-state index contributed by atoms with van der Waals surface area (Å²) < 4.78 is 30.1. The van der Waals surface area contributed by atoms with Crippen LogP contribution in [0.25, 0.3) is 11.0 Å². The van der Waals surface area contributed by atoms with Crippen LogP contribution in [-0.2, 0) is 44.5 Å². The molecule has 0 amide bonds. The zero-order valence-corrected chi connectivity index (χ0v) is 29.2. The van der Waals surface area contributed by atoms with Gasteiger partial charge in [-0.05, 0) is 65.5 Å². The number of aryl methyl sites for hydroxylation is 1. The standard InChI is InChI=1S/C36H42O10S/c1-10-18-17-20(37)19-11-12-21-22(23(19)42-18)24(43-28(40)35-15-13-33(8,26(38)45-35)31(35,4)5)25(30(2,3)47-21)44-29(41)36-16-14-34(9,27(39)46-36)32(36,6)7/h11-12,17,24-25H,10,13-16H2,1-9H3/t24-,25-,33+,34+,35-,36-/m1/s1. The van der Waals surface area contributed by atoms with Crippen molar-refractivity contribution < 1.29 is 42.5 Å². The zero-order valence-electron chi connectivity index (χ0n) is 28.4. The molecule has 2 saturated carbocycles. The molecule has 1 aromatic heterocycles. The van der Waals surface area contributed by atoms with Crippen LogP contribution >= 0.6 is 11.8 Å². The highest BCUT2D eigenvalue weighted by atomic mass is 32.2. The van der Waals surface area contributed by atoms with Crippen LogP contribution in [0.4, 0.5) is 0 Å². The average molecular weight is 667 g/mol. The fourth-order valence-electron chi connectivity index (χ4n) is 8.81. The lowest BCUT2D eigenvalue weighted by atomic mass is 9.66. The predicted molar refractivity (Wildman–Crippen MR) is 170 cm³/mol. The van der Waals surface area contributed by atoms with Crippen LogP contribution in [0.1, 0.15) is 105 Å². The van der Waals surface area contributed by atoms with Gasteiger partial charge in [-0.25, -0.2) is 9.59 Å². The van der Waals surface area contributed by atoms with E-state index in [4.69, 9.17) is 23.4 Å². The summed E-state index contributed by atoms with van der Waals surface area (Å²) in [6, 6.07) is 4.92. The summed E-state index contributed by atoms with van der Waals surface area (Å²) >= 11 is 1.41. The number of hydrogen-bond acceptors (Lipinski definition) is 11. The Bertz CT molecular complexity index is 1860. The van der Waals surface area contributed by atoms with Crippen LogP contribution in [0.2, 0.25) is 0 Å². The number of rotatable bonds is 5. The number of esters is 4. The first-order chi connectivity index (χ1) is 21.7. The van der Waals surface area contributed by atoms with Gasteiger partial charge >= 0.3 is 23.9 Å². The van der Waals surface area contributed by atoms with E-state index in [2.05, 4.69) is 0 Å². The van der Waals surface area contributed by atoms with Crippen molar-refractivity contribution in [3.8, 4) is 0 Å². The molecule has 2 aromatic rings. The van der Waals surface area contributed by atoms with E-state index < -0.39 is 73.7 Å². The van der Waals surface area contributed by atoms with Gasteiger partial charge in [0, 0.05) is 28.2 Å². The summed E-state index contributed by atoms with van der Waals surface area (Å²) in [4.78, 5) is 69.1.